The van der Waals surface area contributed by atoms with Crippen molar-refractivity contribution in [1.82, 2.24) is 19.7 Å². The van der Waals surface area contributed by atoms with Crippen molar-refractivity contribution in [3.05, 3.63) is 96.1 Å². The van der Waals surface area contributed by atoms with Gasteiger partial charge >= 0.3 is 27.2 Å². The smallest absolute Gasteiger partial charge is 0.343 e. The van der Waals surface area contributed by atoms with Gasteiger partial charge in [0.1, 0.15) is 0 Å². The summed E-state index contributed by atoms with van der Waals surface area (Å²) in [6.07, 6.45) is -2.04. The van der Waals surface area contributed by atoms with Gasteiger partial charge in [0.05, 0.1) is 11.5 Å². The summed E-state index contributed by atoms with van der Waals surface area (Å²) in [6.45, 7) is 3.96. The maximum atomic E-state index is 12.9. The molecule has 0 aliphatic carbocycles. The first-order valence-corrected chi connectivity index (χ1v) is 10.9. The molecule has 0 saturated heterocycles. The van der Waals surface area contributed by atoms with Gasteiger partial charge in [-0.3, -0.25) is 15.1 Å². The van der Waals surface area contributed by atoms with Gasteiger partial charge in [-0.25, -0.2) is 11.3 Å². The van der Waals surface area contributed by atoms with Gasteiger partial charge in [-0.2, -0.15) is 13.2 Å². The van der Waals surface area contributed by atoms with Crippen molar-refractivity contribution in [1.29, 1.82) is 0 Å². The van der Waals surface area contributed by atoms with E-state index in [1.807, 2.05) is 56.3 Å². The SMILES string of the molecule is CC(C)(c1cccc(-c2[c-]c3ccccc3s2)n1)c1cccc(-n2[c-]cc(C(F)(F)F)n2)n1.[Pt+2]. The second kappa shape index (κ2) is 9.08. The van der Waals surface area contributed by atoms with Gasteiger partial charge in [0.25, 0.3) is 0 Å². The largest absolute Gasteiger partial charge is 2.00 e. The Morgan fingerprint density at radius 1 is 0.853 bits per heavy atom. The Morgan fingerprint density at radius 3 is 2.26 bits per heavy atom. The number of benzene rings is 1. The Bertz CT molecular complexity index is 1420. The Morgan fingerprint density at radius 2 is 1.56 bits per heavy atom. The van der Waals surface area contributed by atoms with Crippen molar-refractivity contribution in [3.8, 4) is 16.4 Å². The average Bonchev–Trinajstić information content (AvgIpc) is 3.47. The molecule has 0 fully saturated rings. The van der Waals surface area contributed by atoms with E-state index < -0.39 is 17.3 Å². The third-order valence-corrected chi connectivity index (χ3v) is 6.47. The number of rotatable bonds is 4. The fraction of sp³-hybridized carbons (Fsp3) is 0.160. The van der Waals surface area contributed by atoms with E-state index in [0.717, 1.165) is 37.1 Å². The van der Waals surface area contributed by atoms with Crippen LogP contribution in [0.15, 0.2) is 66.7 Å². The van der Waals surface area contributed by atoms with E-state index in [4.69, 9.17) is 4.98 Å². The normalized spacial score (nSPS) is 12.0. The van der Waals surface area contributed by atoms with E-state index >= 15 is 0 Å². The summed E-state index contributed by atoms with van der Waals surface area (Å²) in [4.78, 5) is 10.4. The van der Waals surface area contributed by atoms with Crippen LogP contribution in [-0.2, 0) is 32.7 Å². The molecule has 0 radical (unpaired) electrons. The second-order valence-electron chi connectivity index (χ2n) is 8.03. The molecule has 174 valence electrons. The Hall–Kier alpha value is -2.83. The molecule has 34 heavy (non-hydrogen) atoms. The van der Waals surface area contributed by atoms with Crippen LogP contribution >= 0.6 is 11.3 Å². The van der Waals surface area contributed by atoms with Crippen LogP contribution in [0.3, 0.4) is 0 Å². The molecule has 4 nitrogen and oxygen atoms in total. The zero-order chi connectivity index (χ0) is 23.2. The number of pyridine rings is 2. The number of thiophene rings is 1. The van der Waals surface area contributed by atoms with Crippen LogP contribution in [0, 0.1) is 12.3 Å². The van der Waals surface area contributed by atoms with Crippen LogP contribution in [-0.4, -0.2) is 19.7 Å². The van der Waals surface area contributed by atoms with Crippen molar-refractivity contribution in [2.24, 2.45) is 0 Å². The second-order valence-corrected chi connectivity index (χ2v) is 9.09. The van der Waals surface area contributed by atoms with Crippen LogP contribution < -0.4 is 0 Å². The predicted octanol–water partition coefficient (Wildman–Crippen LogP) is 6.49. The molecule has 1 aromatic carbocycles. The molecule has 9 heteroatoms. The monoisotopic (exact) mass is 657 g/mol. The topological polar surface area (TPSA) is 43.6 Å². The maximum Gasteiger partial charge on any atom is 2.00 e. The van der Waals surface area contributed by atoms with Crippen molar-refractivity contribution >= 4 is 21.4 Å². The van der Waals surface area contributed by atoms with Gasteiger partial charge in [0.15, 0.2) is 0 Å². The average molecular weight is 658 g/mol. The minimum absolute atomic E-state index is 0. The van der Waals surface area contributed by atoms with Crippen LogP contribution in [0.25, 0.3) is 26.5 Å². The Labute approximate surface area is 212 Å². The Balaban J connectivity index is 0.00000274. The molecule has 0 amide bonds. The summed E-state index contributed by atoms with van der Waals surface area (Å²) >= 11 is 1.63. The van der Waals surface area contributed by atoms with Gasteiger partial charge in [0, 0.05) is 22.5 Å². The van der Waals surface area contributed by atoms with E-state index in [1.54, 1.807) is 23.5 Å². The van der Waals surface area contributed by atoms with Gasteiger partial charge in [-0.15, -0.1) is 29.7 Å². The van der Waals surface area contributed by atoms with Gasteiger partial charge in [-0.1, -0.05) is 42.6 Å². The number of halogens is 3. The van der Waals surface area contributed by atoms with Gasteiger partial charge in [0.2, 0.25) is 0 Å². The van der Waals surface area contributed by atoms with Crippen molar-refractivity contribution < 1.29 is 34.2 Å². The molecule has 0 aliphatic heterocycles. The first-order valence-electron chi connectivity index (χ1n) is 10.1. The number of nitrogens with zero attached hydrogens (tertiary/aromatic N) is 4. The zero-order valence-electron chi connectivity index (χ0n) is 18.0. The summed E-state index contributed by atoms with van der Waals surface area (Å²) in [5.41, 5.74) is 0.636. The van der Waals surface area contributed by atoms with Crippen LogP contribution in [0.1, 0.15) is 30.9 Å². The number of alkyl halides is 3. The number of hydrogen-bond donors (Lipinski definition) is 0. The van der Waals surface area contributed by atoms with E-state index in [0.29, 0.717) is 5.69 Å². The first kappa shape index (κ1) is 24.3. The zero-order valence-corrected chi connectivity index (χ0v) is 21.1. The van der Waals surface area contributed by atoms with Crippen molar-refractivity contribution in [2.45, 2.75) is 25.4 Å². The van der Waals surface area contributed by atoms with E-state index in [-0.39, 0.29) is 26.9 Å². The fourth-order valence-electron chi connectivity index (χ4n) is 3.51. The quantitative estimate of drug-likeness (QED) is 0.208. The van der Waals surface area contributed by atoms with Crippen LogP contribution in [0.2, 0.25) is 0 Å². The van der Waals surface area contributed by atoms with Crippen molar-refractivity contribution in [3.63, 3.8) is 0 Å². The maximum absolute atomic E-state index is 12.9. The molecular formula is C25H17F3N4PtS. The van der Waals surface area contributed by atoms with E-state index in [2.05, 4.69) is 28.4 Å². The minimum Gasteiger partial charge on any atom is -0.343 e. The molecule has 0 spiro atoms. The van der Waals surface area contributed by atoms with Crippen molar-refractivity contribution in [2.75, 3.05) is 0 Å². The van der Waals surface area contributed by atoms with Gasteiger partial charge in [-0.05, 0) is 35.6 Å². The molecule has 0 bridgehead atoms. The summed E-state index contributed by atoms with van der Waals surface area (Å²) < 4.78 is 40.9. The third kappa shape index (κ3) is 4.57. The first-order chi connectivity index (χ1) is 15.7. The standard InChI is InChI=1S/C25H17F3N4S.Pt/c1-24(2,21-11-6-12-23(30-21)32-14-13-22(31-32)25(26,27)28)20-10-5-8-17(29-20)19-15-16-7-3-4-9-18(16)33-19;/h3-13H,1-2H3;/q-2;+2. The molecule has 5 rings (SSSR count). The number of fused-ring (bicyclic) bond motifs is 1. The van der Waals surface area contributed by atoms with E-state index in [9.17, 15) is 13.2 Å². The molecule has 0 saturated carbocycles. The molecule has 0 unspecified atom stereocenters. The number of aromatic nitrogens is 4. The molecular weight excluding hydrogens is 640 g/mol. The number of hydrogen-bond acceptors (Lipinski definition) is 4. The molecule has 4 heterocycles. The summed E-state index contributed by atoms with van der Waals surface area (Å²) in [5.74, 6) is 0.255. The molecule has 0 N–H and O–H groups in total. The Kier molecular flexibility index (Phi) is 6.49. The minimum atomic E-state index is -4.54. The molecule has 5 aromatic rings. The third-order valence-electron chi connectivity index (χ3n) is 5.38. The molecule has 0 aliphatic rings. The summed E-state index contributed by atoms with van der Waals surface area (Å²) in [7, 11) is 0. The predicted molar refractivity (Wildman–Crippen MR) is 121 cm³/mol. The van der Waals surface area contributed by atoms with Gasteiger partial charge < -0.3 is 4.68 Å². The molecule has 0 atom stereocenters. The van der Waals surface area contributed by atoms with Crippen LogP contribution in [0.5, 0.6) is 0 Å². The molecule has 4 aromatic heterocycles. The summed E-state index contributed by atoms with van der Waals surface area (Å²) in [6, 6.07) is 23.3. The fourth-order valence-corrected chi connectivity index (χ4v) is 4.48. The van der Waals surface area contributed by atoms with E-state index in [1.165, 1.54) is 0 Å². The van der Waals surface area contributed by atoms with Crippen LogP contribution in [0.4, 0.5) is 13.2 Å². The summed E-state index contributed by atoms with van der Waals surface area (Å²) in [5, 5.41) is 4.63.